The van der Waals surface area contributed by atoms with Gasteiger partial charge in [-0.15, -0.1) is 0 Å². The summed E-state index contributed by atoms with van der Waals surface area (Å²) in [5, 5.41) is 8.69. The van der Waals surface area contributed by atoms with Gasteiger partial charge in [0.25, 0.3) is 0 Å². The summed E-state index contributed by atoms with van der Waals surface area (Å²) in [6.07, 6.45) is 1.34. The molecule has 1 aromatic rings. The Hall–Kier alpha value is -1.76. The Kier molecular flexibility index (Phi) is 3.71. The predicted molar refractivity (Wildman–Crippen MR) is 63.0 cm³/mol. The number of nitrogens with zero attached hydrogens (tertiary/aromatic N) is 4. The maximum absolute atomic E-state index is 13.8. The maximum Gasteiger partial charge on any atom is 0.317 e. The van der Waals surface area contributed by atoms with Crippen LogP contribution in [0.25, 0.3) is 0 Å². The fraction of sp³-hybridized carbons (Fsp3) is 0.545. The topological polar surface area (TPSA) is 69.6 Å². The molecule has 1 aromatic heterocycles. The van der Waals surface area contributed by atoms with E-state index in [4.69, 9.17) is 5.11 Å². The van der Waals surface area contributed by atoms with Gasteiger partial charge < -0.3 is 10.0 Å². The zero-order chi connectivity index (χ0) is 13.1. The van der Waals surface area contributed by atoms with Crippen molar-refractivity contribution >= 4 is 11.8 Å². The number of piperazine rings is 1. The average Bonchev–Trinajstić information content (AvgIpc) is 2.33. The fourth-order valence-electron chi connectivity index (χ4n) is 1.97. The largest absolute Gasteiger partial charge is 0.480 e. The van der Waals surface area contributed by atoms with Gasteiger partial charge in [-0.05, 0) is 6.92 Å². The normalized spacial score (nSPS) is 16.9. The molecule has 98 valence electrons. The summed E-state index contributed by atoms with van der Waals surface area (Å²) in [7, 11) is 0. The van der Waals surface area contributed by atoms with E-state index >= 15 is 0 Å². The van der Waals surface area contributed by atoms with Crippen molar-refractivity contribution in [1.82, 2.24) is 14.9 Å². The van der Waals surface area contributed by atoms with Crippen LogP contribution in [0.3, 0.4) is 0 Å². The lowest BCUT2D eigenvalue weighted by Crippen LogP contribution is -2.48. The van der Waals surface area contributed by atoms with Gasteiger partial charge in [-0.25, -0.2) is 14.4 Å². The molecular weight excluding hydrogens is 239 g/mol. The molecule has 1 aliphatic heterocycles. The first-order chi connectivity index (χ1) is 8.58. The molecule has 18 heavy (non-hydrogen) atoms. The van der Waals surface area contributed by atoms with Gasteiger partial charge in [-0.1, -0.05) is 0 Å². The molecule has 2 rings (SSSR count). The summed E-state index contributed by atoms with van der Waals surface area (Å²) < 4.78 is 13.8. The Balaban J connectivity index is 2.01. The minimum absolute atomic E-state index is 0.0269. The number of carbonyl (C=O) groups is 1. The molecule has 1 N–H and O–H groups in total. The highest BCUT2D eigenvalue weighted by molar-refractivity contribution is 5.69. The van der Waals surface area contributed by atoms with E-state index < -0.39 is 11.8 Å². The third-order valence-electron chi connectivity index (χ3n) is 2.98. The standard InChI is InChI=1S/C11H15FN4O2/c1-8-10(12)11(14-7-13-8)16-4-2-15(3-5-16)6-9(17)18/h7H,2-6H2,1H3,(H,17,18). The third-order valence-corrected chi connectivity index (χ3v) is 2.98. The molecule has 0 bridgehead atoms. The molecule has 0 aliphatic carbocycles. The van der Waals surface area contributed by atoms with Gasteiger partial charge in [0.1, 0.15) is 6.33 Å². The minimum Gasteiger partial charge on any atom is -0.480 e. The molecule has 0 radical (unpaired) electrons. The van der Waals surface area contributed by atoms with Crippen molar-refractivity contribution in [3.8, 4) is 0 Å². The van der Waals surface area contributed by atoms with E-state index in [2.05, 4.69) is 9.97 Å². The maximum atomic E-state index is 13.8. The molecule has 6 nitrogen and oxygen atoms in total. The molecule has 2 heterocycles. The first-order valence-corrected chi connectivity index (χ1v) is 5.74. The Bertz CT molecular complexity index is 447. The van der Waals surface area contributed by atoms with Crippen LogP contribution in [0.2, 0.25) is 0 Å². The third kappa shape index (κ3) is 2.73. The van der Waals surface area contributed by atoms with E-state index in [9.17, 15) is 9.18 Å². The van der Waals surface area contributed by atoms with E-state index in [1.165, 1.54) is 6.33 Å². The molecule has 1 fully saturated rings. The number of halogens is 1. The number of carboxylic acids is 1. The van der Waals surface area contributed by atoms with Crippen molar-refractivity contribution in [3.63, 3.8) is 0 Å². The first-order valence-electron chi connectivity index (χ1n) is 5.74. The number of carboxylic acid groups (broad SMARTS) is 1. The SMILES string of the molecule is Cc1ncnc(N2CCN(CC(=O)O)CC2)c1F. The van der Waals surface area contributed by atoms with Crippen LogP contribution >= 0.6 is 0 Å². The molecule has 0 saturated carbocycles. The lowest BCUT2D eigenvalue weighted by atomic mass is 10.3. The number of aromatic nitrogens is 2. The van der Waals surface area contributed by atoms with Crippen LogP contribution in [0.15, 0.2) is 6.33 Å². The number of aryl methyl sites for hydroxylation is 1. The molecule has 0 aromatic carbocycles. The zero-order valence-corrected chi connectivity index (χ0v) is 10.1. The highest BCUT2D eigenvalue weighted by Crippen LogP contribution is 2.18. The molecule has 1 aliphatic rings. The van der Waals surface area contributed by atoms with E-state index in [0.717, 1.165) is 0 Å². The number of aliphatic carboxylic acids is 1. The van der Waals surface area contributed by atoms with Gasteiger partial charge in [0, 0.05) is 26.2 Å². The second-order valence-corrected chi connectivity index (χ2v) is 4.25. The summed E-state index contributed by atoms with van der Waals surface area (Å²) in [6.45, 7) is 3.95. The molecule has 1 saturated heterocycles. The lowest BCUT2D eigenvalue weighted by molar-refractivity contribution is -0.138. The summed E-state index contributed by atoms with van der Waals surface area (Å²) in [6, 6.07) is 0. The Labute approximate surface area is 104 Å². The van der Waals surface area contributed by atoms with Crippen molar-refractivity contribution in [2.75, 3.05) is 37.6 Å². The number of rotatable bonds is 3. The first kappa shape index (κ1) is 12.7. The molecule has 0 spiro atoms. The van der Waals surface area contributed by atoms with Crippen LogP contribution in [-0.4, -0.2) is 58.7 Å². The van der Waals surface area contributed by atoms with Crippen molar-refractivity contribution in [3.05, 3.63) is 17.8 Å². The van der Waals surface area contributed by atoms with Crippen LogP contribution in [0.1, 0.15) is 5.69 Å². The predicted octanol–water partition coefficient (Wildman–Crippen LogP) is 0.131. The van der Waals surface area contributed by atoms with Gasteiger partial charge in [0.2, 0.25) is 0 Å². The minimum atomic E-state index is -0.840. The van der Waals surface area contributed by atoms with Crippen LogP contribution in [-0.2, 0) is 4.79 Å². The second-order valence-electron chi connectivity index (χ2n) is 4.25. The summed E-state index contributed by atoms with van der Waals surface area (Å²) in [5.74, 6) is -0.936. The van der Waals surface area contributed by atoms with E-state index in [0.29, 0.717) is 37.7 Å². The van der Waals surface area contributed by atoms with Crippen molar-refractivity contribution < 1.29 is 14.3 Å². The van der Waals surface area contributed by atoms with E-state index in [1.807, 2.05) is 9.80 Å². The van der Waals surface area contributed by atoms with Crippen molar-refractivity contribution in [2.45, 2.75) is 6.92 Å². The summed E-state index contributed by atoms with van der Waals surface area (Å²) >= 11 is 0. The molecule has 0 atom stereocenters. The van der Waals surface area contributed by atoms with Crippen LogP contribution in [0.4, 0.5) is 10.2 Å². The monoisotopic (exact) mass is 254 g/mol. The highest BCUT2D eigenvalue weighted by atomic mass is 19.1. The summed E-state index contributed by atoms with van der Waals surface area (Å²) in [4.78, 5) is 22.0. The second kappa shape index (κ2) is 5.26. The van der Waals surface area contributed by atoms with Gasteiger partial charge >= 0.3 is 5.97 Å². The Morgan fingerprint density at radius 3 is 2.67 bits per heavy atom. The van der Waals surface area contributed by atoms with Crippen LogP contribution < -0.4 is 4.90 Å². The highest BCUT2D eigenvalue weighted by Gasteiger charge is 2.22. The quantitative estimate of drug-likeness (QED) is 0.827. The van der Waals surface area contributed by atoms with Crippen molar-refractivity contribution in [2.24, 2.45) is 0 Å². The molecule has 7 heteroatoms. The van der Waals surface area contributed by atoms with Crippen molar-refractivity contribution in [1.29, 1.82) is 0 Å². The van der Waals surface area contributed by atoms with Gasteiger partial charge in [-0.2, -0.15) is 0 Å². The smallest absolute Gasteiger partial charge is 0.317 e. The number of anilines is 1. The lowest BCUT2D eigenvalue weighted by Gasteiger charge is -2.34. The molecule has 0 amide bonds. The number of hydrogen-bond acceptors (Lipinski definition) is 5. The van der Waals surface area contributed by atoms with Crippen LogP contribution in [0, 0.1) is 12.7 Å². The van der Waals surface area contributed by atoms with Crippen LogP contribution in [0.5, 0.6) is 0 Å². The number of hydrogen-bond donors (Lipinski definition) is 1. The fourth-order valence-corrected chi connectivity index (χ4v) is 1.97. The Morgan fingerprint density at radius 2 is 2.06 bits per heavy atom. The van der Waals surface area contributed by atoms with Gasteiger partial charge in [0.05, 0.1) is 12.2 Å². The summed E-state index contributed by atoms with van der Waals surface area (Å²) in [5.41, 5.74) is 0.327. The average molecular weight is 254 g/mol. The van der Waals surface area contributed by atoms with Gasteiger partial charge in [0.15, 0.2) is 11.6 Å². The van der Waals surface area contributed by atoms with E-state index in [1.54, 1.807) is 6.92 Å². The Morgan fingerprint density at radius 1 is 1.39 bits per heavy atom. The van der Waals surface area contributed by atoms with Gasteiger partial charge in [-0.3, -0.25) is 9.69 Å². The zero-order valence-electron chi connectivity index (χ0n) is 10.1. The molecular formula is C11H15FN4O2. The molecule has 0 unspecified atom stereocenters. The van der Waals surface area contributed by atoms with E-state index in [-0.39, 0.29) is 6.54 Å².